The number of hydrogen-bond donors (Lipinski definition) is 3. The first-order valence-electron chi connectivity index (χ1n) is 20.4. The van der Waals surface area contributed by atoms with Crippen LogP contribution in [0.5, 0.6) is 0 Å². The number of aliphatic hydroxyl groups is 2. The van der Waals surface area contributed by atoms with Gasteiger partial charge in [0.2, 0.25) is 0 Å². The van der Waals surface area contributed by atoms with E-state index < -0.39 is 111 Å². The summed E-state index contributed by atoms with van der Waals surface area (Å²) in [6.45, 7) is 8.22. The number of halogens is 1. The minimum Gasteiger partial charge on any atom is -0.457 e. The van der Waals surface area contributed by atoms with Gasteiger partial charge in [0.15, 0.2) is 17.5 Å². The third kappa shape index (κ3) is 7.46. The number of aliphatic hydroxyl groups excluding tert-OH is 1. The van der Waals surface area contributed by atoms with Crippen LogP contribution in [-0.4, -0.2) is 98.9 Å². The largest absolute Gasteiger partial charge is 0.457 e. The molecule has 3 aromatic rings. The van der Waals surface area contributed by atoms with Gasteiger partial charge < -0.3 is 39.2 Å². The molecule has 3 N–H and O–H groups in total. The van der Waals surface area contributed by atoms with Crippen molar-refractivity contribution in [2.24, 2.45) is 16.7 Å². The number of ether oxygens (including phenoxy) is 5. The molecule has 4 aliphatic rings. The molecule has 2 bridgehead atoms. The molecule has 15 heteroatoms. The van der Waals surface area contributed by atoms with E-state index in [-0.39, 0.29) is 29.7 Å². The van der Waals surface area contributed by atoms with Crippen molar-refractivity contribution in [2.75, 3.05) is 6.61 Å². The molecule has 2 unspecified atom stereocenters. The molecule has 7 rings (SSSR count). The first kappa shape index (κ1) is 44.8. The first-order chi connectivity index (χ1) is 29.3. The van der Waals surface area contributed by atoms with E-state index in [9.17, 15) is 34.2 Å². The molecule has 0 aromatic heterocycles. The van der Waals surface area contributed by atoms with Gasteiger partial charge in [-0.05, 0) is 54.8 Å². The highest BCUT2D eigenvalue weighted by molar-refractivity contribution is 9.10. The summed E-state index contributed by atoms with van der Waals surface area (Å²) in [5, 5.41) is 28.7. The van der Waals surface area contributed by atoms with Crippen molar-refractivity contribution in [3.63, 3.8) is 0 Å². The lowest BCUT2D eigenvalue weighted by Gasteiger charge is -2.67. The van der Waals surface area contributed by atoms with Crippen LogP contribution in [-0.2, 0) is 42.9 Å². The molecular weight excluding hydrogens is 866 g/mol. The Kier molecular flexibility index (Phi) is 12.2. The van der Waals surface area contributed by atoms with Crippen LogP contribution in [0.4, 0.5) is 0 Å². The maximum atomic E-state index is 15.5. The Bertz CT molecular complexity index is 2290. The van der Waals surface area contributed by atoms with E-state index in [2.05, 4.69) is 21.2 Å². The van der Waals surface area contributed by atoms with Crippen molar-refractivity contribution >= 4 is 51.5 Å². The molecule has 328 valence electrons. The normalized spacial score (nSPS) is 31.9. The van der Waals surface area contributed by atoms with Gasteiger partial charge in [-0.25, -0.2) is 4.79 Å². The molecule has 1 amide bonds. The van der Waals surface area contributed by atoms with Crippen molar-refractivity contribution in [1.82, 2.24) is 5.32 Å². The molecule has 3 aromatic carbocycles. The zero-order valence-electron chi connectivity index (χ0n) is 35.2. The number of nitrogens with one attached hydrogen (secondary N) is 1. The van der Waals surface area contributed by atoms with E-state index in [4.69, 9.17) is 23.7 Å². The molecular formula is C47H50BrNO13. The number of amides is 1. The lowest BCUT2D eigenvalue weighted by Crippen LogP contribution is -2.82. The van der Waals surface area contributed by atoms with Crippen molar-refractivity contribution in [3.8, 4) is 0 Å². The fourth-order valence-corrected chi connectivity index (χ4v) is 10.7. The number of carbonyl (C=O) groups excluding carboxylic acids is 6. The van der Waals surface area contributed by atoms with Crippen molar-refractivity contribution < 1.29 is 62.7 Å². The Morgan fingerprint density at radius 1 is 0.839 bits per heavy atom. The van der Waals surface area contributed by atoms with Gasteiger partial charge in [0, 0.05) is 37.7 Å². The Labute approximate surface area is 367 Å². The Morgan fingerprint density at radius 3 is 1.97 bits per heavy atom. The van der Waals surface area contributed by atoms with Gasteiger partial charge in [-0.1, -0.05) is 96.5 Å². The van der Waals surface area contributed by atoms with Crippen LogP contribution in [0.15, 0.2) is 102 Å². The summed E-state index contributed by atoms with van der Waals surface area (Å²) in [6, 6.07) is 24.2. The standard InChI is InChI=1S/C47H50BrNO13/c1-25-31(60-43(56)35(48)36(28-16-10-7-11-17-28)49-41(54)29-18-12-8-13-19-29)23-47(57)40(61-42(55)30-20-14-9-15-21-30)38-45(6,32(52)22-33-46(38,24-58-33)62-27(3)51)39(53)37(59-26(2)50)34(25)44(47,4)5/h7-21,31-33,35-38,40,52,57H,22-24H2,1-6H3,(H,49,54)/t31?,32-,33+,35+,36?,37+,38-,40-,45+,46-,47+/m0/s1. The van der Waals surface area contributed by atoms with Gasteiger partial charge in [-0.3, -0.25) is 24.0 Å². The summed E-state index contributed by atoms with van der Waals surface area (Å²) in [4.78, 5) is 82.6. The second-order valence-corrected chi connectivity index (χ2v) is 18.3. The minimum absolute atomic E-state index is 0.0634. The first-order valence-corrected chi connectivity index (χ1v) is 21.3. The smallest absolute Gasteiger partial charge is 0.338 e. The van der Waals surface area contributed by atoms with Gasteiger partial charge in [0.25, 0.3) is 5.91 Å². The summed E-state index contributed by atoms with van der Waals surface area (Å²) in [5.41, 5.74) is -6.36. The number of ketones is 1. The minimum atomic E-state index is -2.32. The summed E-state index contributed by atoms with van der Waals surface area (Å²) in [6.07, 6.45) is -8.08. The highest BCUT2D eigenvalue weighted by atomic mass is 79.9. The summed E-state index contributed by atoms with van der Waals surface area (Å²) in [7, 11) is 0. The fourth-order valence-electron chi connectivity index (χ4n) is 10.2. The highest BCUT2D eigenvalue weighted by Gasteiger charge is 2.78. The van der Waals surface area contributed by atoms with Crippen LogP contribution in [0.3, 0.4) is 0 Å². The van der Waals surface area contributed by atoms with Crippen LogP contribution in [0, 0.1) is 16.7 Å². The van der Waals surface area contributed by atoms with E-state index in [1.54, 1.807) is 99.6 Å². The van der Waals surface area contributed by atoms with E-state index in [0.717, 1.165) is 6.92 Å². The van der Waals surface area contributed by atoms with E-state index in [1.165, 1.54) is 26.0 Å². The van der Waals surface area contributed by atoms with Gasteiger partial charge in [0.1, 0.15) is 28.7 Å². The van der Waals surface area contributed by atoms with Gasteiger partial charge >= 0.3 is 23.9 Å². The lowest BCUT2D eigenvalue weighted by molar-refractivity contribution is -0.346. The van der Waals surface area contributed by atoms with Crippen molar-refractivity contribution in [3.05, 3.63) is 119 Å². The van der Waals surface area contributed by atoms with Crippen molar-refractivity contribution in [2.45, 2.75) is 107 Å². The molecule has 0 spiro atoms. The van der Waals surface area contributed by atoms with Crippen LogP contribution in [0.1, 0.15) is 86.7 Å². The number of fused-ring (bicyclic) bond motifs is 5. The molecule has 0 radical (unpaired) electrons. The second kappa shape index (κ2) is 16.8. The van der Waals surface area contributed by atoms with Crippen LogP contribution >= 0.6 is 15.9 Å². The van der Waals surface area contributed by atoms with Crippen molar-refractivity contribution in [1.29, 1.82) is 0 Å². The number of esters is 4. The molecule has 11 atom stereocenters. The lowest BCUT2D eigenvalue weighted by atomic mass is 9.44. The Morgan fingerprint density at radius 2 is 1.42 bits per heavy atom. The molecule has 14 nitrogen and oxygen atoms in total. The van der Waals surface area contributed by atoms with Gasteiger partial charge in [-0.15, -0.1) is 0 Å². The number of hydrogen-bond acceptors (Lipinski definition) is 13. The van der Waals surface area contributed by atoms with E-state index >= 15 is 4.79 Å². The monoisotopic (exact) mass is 915 g/mol. The fraction of sp³-hybridized carbons (Fsp3) is 0.447. The van der Waals surface area contributed by atoms with Crippen LogP contribution < -0.4 is 5.32 Å². The number of alkyl halides is 1. The topological polar surface area (TPSA) is 201 Å². The molecule has 3 fully saturated rings. The Balaban J connectivity index is 1.39. The number of carbonyl (C=O) groups is 6. The molecule has 1 aliphatic heterocycles. The average molecular weight is 917 g/mol. The highest BCUT2D eigenvalue weighted by Crippen LogP contribution is 2.64. The van der Waals surface area contributed by atoms with Gasteiger partial charge in [-0.2, -0.15) is 0 Å². The SMILES string of the molecule is CC(=O)O[C@H]1C(=O)[C@@]2(C)[C@H]([C@H](OC(=O)c3ccccc3)[C@]3(O)CC(OC(=O)[C@H](Br)C(NC(=O)c4ccccc4)c4ccccc4)C(C)=C1C3(C)C)[C@]1(OC(C)=O)CO[C@@H]1C[C@@H]2O. The predicted molar refractivity (Wildman–Crippen MR) is 224 cm³/mol. The molecule has 1 saturated heterocycles. The van der Waals surface area contributed by atoms with Crippen LogP contribution in [0.25, 0.3) is 0 Å². The quantitative estimate of drug-likeness (QED) is 0.105. The maximum absolute atomic E-state index is 15.5. The third-order valence-corrected chi connectivity index (χ3v) is 14.3. The maximum Gasteiger partial charge on any atom is 0.338 e. The average Bonchev–Trinajstić information content (AvgIpc) is 3.24. The number of benzene rings is 3. The molecule has 3 aliphatic carbocycles. The summed E-state index contributed by atoms with van der Waals surface area (Å²) >= 11 is 3.50. The zero-order valence-corrected chi connectivity index (χ0v) is 36.7. The number of rotatable bonds is 10. The third-order valence-electron chi connectivity index (χ3n) is 13.4. The zero-order chi connectivity index (χ0) is 44.9. The number of Topliss-reactive ketones (excluding diaryl/α,β-unsaturated/α-hetero) is 1. The predicted octanol–water partition coefficient (Wildman–Crippen LogP) is 5.14. The second-order valence-electron chi connectivity index (χ2n) is 17.3. The molecule has 1 heterocycles. The summed E-state index contributed by atoms with van der Waals surface area (Å²) < 4.78 is 30.6. The molecule has 2 saturated carbocycles. The summed E-state index contributed by atoms with van der Waals surface area (Å²) in [5.74, 6) is -6.18. The van der Waals surface area contributed by atoms with E-state index in [1.807, 2.05) is 0 Å². The van der Waals surface area contributed by atoms with E-state index in [0.29, 0.717) is 11.1 Å². The van der Waals surface area contributed by atoms with Gasteiger partial charge in [0.05, 0.1) is 35.6 Å². The molecule has 62 heavy (non-hydrogen) atoms. The van der Waals surface area contributed by atoms with Crippen LogP contribution in [0.2, 0.25) is 0 Å². The Hall–Kier alpha value is -5.22.